The second-order valence-electron chi connectivity index (χ2n) is 6.76. The van der Waals surface area contributed by atoms with Crippen LogP contribution in [0, 0.1) is 20.8 Å². The first-order valence-electron chi connectivity index (χ1n) is 8.69. The molecule has 25 heavy (non-hydrogen) atoms. The SMILES string of the molecule is Cc1cc2nc(C)c(CCC(=O)Nc3ccnn3C3CC3)c(C)n2n1. The van der Waals surface area contributed by atoms with Crippen molar-refractivity contribution in [2.45, 2.75) is 52.5 Å². The summed E-state index contributed by atoms with van der Waals surface area (Å²) in [5, 5.41) is 11.8. The van der Waals surface area contributed by atoms with E-state index in [0.29, 0.717) is 18.9 Å². The van der Waals surface area contributed by atoms with Gasteiger partial charge in [-0.25, -0.2) is 14.2 Å². The predicted molar refractivity (Wildman–Crippen MR) is 94.6 cm³/mol. The van der Waals surface area contributed by atoms with Crippen LogP contribution in [0.5, 0.6) is 0 Å². The lowest BCUT2D eigenvalue weighted by molar-refractivity contribution is -0.116. The van der Waals surface area contributed by atoms with Crippen molar-refractivity contribution in [3.8, 4) is 0 Å². The van der Waals surface area contributed by atoms with Crippen molar-refractivity contribution in [1.29, 1.82) is 0 Å². The fourth-order valence-electron chi connectivity index (χ4n) is 3.27. The molecule has 4 rings (SSSR count). The van der Waals surface area contributed by atoms with Gasteiger partial charge < -0.3 is 5.32 Å². The van der Waals surface area contributed by atoms with Crippen LogP contribution in [-0.4, -0.2) is 30.3 Å². The van der Waals surface area contributed by atoms with E-state index in [1.807, 2.05) is 42.1 Å². The summed E-state index contributed by atoms with van der Waals surface area (Å²) < 4.78 is 3.77. The molecule has 1 N–H and O–H groups in total. The molecule has 1 fully saturated rings. The molecule has 0 atom stereocenters. The highest BCUT2D eigenvalue weighted by atomic mass is 16.1. The minimum Gasteiger partial charge on any atom is -0.311 e. The van der Waals surface area contributed by atoms with E-state index in [1.54, 1.807) is 6.20 Å². The number of aryl methyl sites for hydroxylation is 3. The molecule has 3 heterocycles. The molecule has 7 heteroatoms. The molecule has 130 valence electrons. The molecule has 7 nitrogen and oxygen atoms in total. The zero-order valence-electron chi connectivity index (χ0n) is 14.8. The lowest BCUT2D eigenvalue weighted by Crippen LogP contribution is -2.16. The van der Waals surface area contributed by atoms with Gasteiger partial charge in [-0.05, 0) is 45.6 Å². The number of rotatable bonds is 5. The van der Waals surface area contributed by atoms with Gasteiger partial charge in [0.25, 0.3) is 0 Å². The van der Waals surface area contributed by atoms with Crippen molar-refractivity contribution in [2.75, 3.05) is 5.32 Å². The summed E-state index contributed by atoms with van der Waals surface area (Å²) in [6.45, 7) is 5.98. The topological polar surface area (TPSA) is 77.1 Å². The van der Waals surface area contributed by atoms with Crippen molar-refractivity contribution in [2.24, 2.45) is 0 Å². The summed E-state index contributed by atoms with van der Waals surface area (Å²) in [5.41, 5.74) is 4.89. The quantitative estimate of drug-likeness (QED) is 0.776. The highest BCUT2D eigenvalue weighted by Crippen LogP contribution is 2.36. The minimum atomic E-state index is -0.00190. The fourth-order valence-corrected chi connectivity index (χ4v) is 3.27. The largest absolute Gasteiger partial charge is 0.311 e. The van der Waals surface area contributed by atoms with Gasteiger partial charge in [-0.1, -0.05) is 0 Å². The van der Waals surface area contributed by atoms with Crippen LogP contribution in [0.4, 0.5) is 5.82 Å². The molecule has 0 bridgehead atoms. The highest BCUT2D eigenvalue weighted by Gasteiger charge is 2.26. The highest BCUT2D eigenvalue weighted by molar-refractivity contribution is 5.90. The summed E-state index contributed by atoms with van der Waals surface area (Å²) in [7, 11) is 0. The van der Waals surface area contributed by atoms with Gasteiger partial charge in [-0.2, -0.15) is 10.2 Å². The number of nitrogens with one attached hydrogen (secondary N) is 1. The van der Waals surface area contributed by atoms with Gasteiger partial charge >= 0.3 is 0 Å². The Balaban J connectivity index is 1.48. The van der Waals surface area contributed by atoms with Crippen molar-refractivity contribution >= 4 is 17.4 Å². The van der Waals surface area contributed by atoms with Crippen LogP contribution in [0.25, 0.3) is 5.65 Å². The van der Waals surface area contributed by atoms with E-state index in [2.05, 4.69) is 20.5 Å². The molecular weight excluding hydrogens is 316 g/mol. The summed E-state index contributed by atoms with van der Waals surface area (Å²) in [6, 6.07) is 4.27. The molecular formula is C18H22N6O. The smallest absolute Gasteiger partial charge is 0.225 e. The Morgan fingerprint density at radius 2 is 2.12 bits per heavy atom. The third-order valence-electron chi connectivity index (χ3n) is 4.72. The molecule has 3 aromatic heterocycles. The number of fused-ring (bicyclic) bond motifs is 1. The third kappa shape index (κ3) is 3.01. The Kier molecular flexibility index (Phi) is 3.78. The Bertz CT molecular complexity index is 950. The maximum absolute atomic E-state index is 12.4. The van der Waals surface area contributed by atoms with E-state index in [4.69, 9.17) is 0 Å². The average Bonchev–Trinajstić information content (AvgIpc) is 3.19. The zero-order chi connectivity index (χ0) is 17.6. The van der Waals surface area contributed by atoms with Gasteiger partial charge in [-0.3, -0.25) is 4.79 Å². The van der Waals surface area contributed by atoms with Crippen LogP contribution in [-0.2, 0) is 11.2 Å². The van der Waals surface area contributed by atoms with Crippen LogP contribution in [0.15, 0.2) is 18.3 Å². The number of carbonyl (C=O) groups is 1. The van der Waals surface area contributed by atoms with E-state index in [9.17, 15) is 4.79 Å². The summed E-state index contributed by atoms with van der Waals surface area (Å²) in [4.78, 5) is 17.0. The summed E-state index contributed by atoms with van der Waals surface area (Å²) in [6.07, 6.45) is 5.06. The number of hydrogen-bond acceptors (Lipinski definition) is 4. The lowest BCUT2D eigenvalue weighted by atomic mass is 10.1. The standard InChI is InChI=1S/C18H22N6O/c1-11-10-17-20-12(2)15(13(3)23(17)22-11)6-7-18(25)21-16-8-9-19-24(16)14-4-5-14/h8-10,14H,4-7H2,1-3H3,(H,21,25). The lowest BCUT2D eigenvalue weighted by Gasteiger charge is -2.11. The van der Waals surface area contributed by atoms with Gasteiger partial charge in [0.2, 0.25) is 5.91 Å². The van der Waals surface area contributed by atoms with Gasteiger partial charge in [0, 0.05) is 29.9 Å². The van der Waals surface area contributed by atoms with Crippen molar-refractivity contribution < 1.29 is 4.79 Å². The maximum atomic E-state index is 12.4. The van der Waals surface area contributed by atoms with E-state index >= 15 is 0 Å². The molecule has 0 aromatic carbocycles. The maximum Gasteiger partial charge on any atom is 0.225 e. The second-order valence-corrected chi connectivity index (χ2v) is 6.76. The first-order chi connectivity index (χ1) is 12.0. The molecule has 1 aliphatic carbocycles. The van der Waals surface area contributed by atoms with E-state index in [-0.39, 0.29) is 5.91 Å². The van der Waals surface area contributed by atoms with Gasteiger partial charge in [0.05, 0.1) is 17.9 Å². The van der Waals surface area contributed by atoms with Crippen LogP contribution in [0.2, 0.25) is 0 Å². The van der Waals surface area contributed by atoms with Crippen molar-refractivity contribution in [1.82, 2.24) is 24.4 Å². The zero-order valence-corrected chi connectivity index (χ0v) is 14.8. The molecule has 0 saturated heterocycles. The predicted octanol–water partition coefficient (Wildman–Crippen LogP) is 2.76. The molecule has 0 unspecified atom stereocenters. The van der Waals surface area contributed by atoms with Gasteiger partial charge in [-0.15, -0.1) is 0 Å². The molecule has 1 aliphatic rings. The molecule has 1 amide bonds. The Hall–Kier alpha value is -2.70. The summed E-state index contributed by atoms with van der Waals surface area (Å²) >= 11 is 0. The molecule has 0 radical (unpaired) electrons. The number of anilines is 1. The fraction of sp³-hybridized carbons (Fsp3) is 0.444. The number of hydrogen-bond donors (Lipinski definition) is 1. The first-order valence-corrected chi connectivity index (χ1v) is 8.69. The number of amides is 1. The van der Waals surface area contributed by atoms with Crippen molar-refractivity contribution in [3.05, 3.63) is 41.0 Å². The monoisotopic (exact) mass is 338 g/mol. The number of nitrogens with zero attached hydrogens (tertiary/aromatic N) is 5. The minimum absolute atomic E-state index is 0.00190. The van der Waals surface area contributed by atoms with Crippen molar-refractivity contribution in [3.63, 3.8) is 0 Å². The van der Waals surface area contributed by atoms with Gasteiger partial charge in [0.15, 0.2) is 5.65 Å². The molecule has 0 aliphatic heterocycles. The van der Waals surface area contributed by atoms with E-state index in [1.165, 1.54) is 0 Å². The van der Waals surface area contributed by atoms with E-state index in [0.717, 1.165) is 47.0 Å². The van der Waals surface area contributed by atoms with Gasteiger partial charge in [0.1, 0.15) is 5.82 Å². The Morgan fingerprint density at radius 1 is 1.32 bits per heavy atom. The third-order valence-corrected chi connectivity index (χ3v) is 4.72. The van der Waals surface area contributed by atoms with Crippen LogP contribution >= 0.6 is 0 Å². The molecule has 1 saturated carbocycles. The second kappa shape index (κ2) is 5.98. The average molecular weight is 338 g/mol. The van der Waals surface area contributed by atoms with Crippen LogP contribution < -0.4 is 5.32 Å². The normalized spacial score (nSPS) is 14.2. The Morgan fingerprint density at radius 3 is 2.88 bits per heavy atom. The number of aromatic nitrogens is 5. The molecule has 3 aromatic rings. The molecule has 0 spiro atoms. The van der Waals surface area contributed by atoms with Crippen LogP contribution in [0.1, 0.15) is 47.9 Å². The first kappa shape index (κ1) is 15.8. The summed E-state index contributed by atoms with van der Waals surface area (Å²) in [5.74, 6) is 0.787. The Labute approximate surface area is 146 Å². The van der Waals surface area contributed by atoms with E-state index < -0.39 is 0 Å². The number of carbonyl (C=O) groups excluding carboxylic acids is 1. The van der Waals surface area contributed by atoms with Crippen LogP contribution in [0.3, 0.4) is 0 Å².